The number of carbonyl (C=O) groups excluding carboxylic acids is 1. The minimum Gasteiger partial charge on any atom is -0.507 e. The molecule has 0 spiro atoms. The quantitative estimate of drug-likeness (QED) is 0.615. The summed E-state index contributed by atoms with van der Waals surface area (Å²) in [5, 5.41) is 25.6. The van der Waals surface area contributed by atoms with Gasteiger partial charge in [-0.15, -0.1) is 0 Å². The van der Waals surface area contributed by atoms with Crippen LogP contribution in [0.15, 0.2) is 36.4 Å². The van der Waals surface area contributed by atoms with E-state index in [0.29, 0.717) is 17.9 Å². The lowest BCUT2D eigenvalue weighted by molar-refractivity contribution is -0.135. The minimum absolute atomic E-state index is 0.0877. The van der Waals surface area contributed by atoms with Crippen LogP contribution in [0.3, 0.4) is 0 Å². The van der Waals surface area contributed by atoms with Crippen LogP contribution in [0.5, 0.6) is 5.75 Å². The third-order valence-electron chi connectivity index (χ3n) is 3.91. The van der Waals surface area contributed by atoms with Crippen LogP contribution >= 0.6 is 0 Å². The number of carboxylic acids is 1. The molecule has 0 unspecified atom stereocenters. The molecule has 0 saturated heterocycles. The highest BCUT2D eigenvalue weighted by Gasteiger charge is 2.21. The Labute approximate surface area is 149 Å². The molecule has 2 heterocycles. The molecule has 0 saturated carbocycles. The first-order valence-electron chi connectivity index (χ1n) is 8.08. The first-order chi connectivity index (χ1) is 12.5. The number of aryl methyl sites for hydroxylation is 3. The molecule has 0 atom stereocenters. The molecule has 0 fully saturated rings. The highest BCUT2D eigenvalue weighted by molar-refractivity contribution is 6.03. The summed E-state index contributed by atoms with van der Waals surface area (Å²) in [6.07, 6.45) is 1.33. The molecule has 2 aromatic heterocycles. The fourth-order valence-corrected chi connectivity index (χ4v) is 2.74. The van der Waals surface area contributed by atoms with Crippen LogP contribution in [-0.2, 0) is 17.6 Å². The molecular formula is C18H18N4O4. The molecule has 8 nitrogen and oxygen atoms in total. The molecule has 0 radical (unpaired) electrons. The van der Waals surface area contributed by atoms with Crippen molar-refractivity contribution in [3.63, 3.8) is 0 Å². The molecule has 3 rings (SSSR count). The molecule has 134 valence electrons. The number of aromatic nitrogens is 3. The summed E-state index contributed by atoms with van der Waals surface area (Å²) >= 11 is 0. The van der Waals surface area contributed by atoms with E-state index in [1.807, 2.05) is 30.3 Å². The molecule has 1 amide bonds. The second kappa shape index (κ2) is 7.22. The van der Waals surface area contributed by atoms with Crippen LogP contribution in [0, 0.1) is 6.92 Å². The number of hydrogen-bond donors (Lipinski definition) is 3. The standard InChI is InChI=1S/C18H18N4O4/c1-11-20-17-16(18(26)19-10-15(24)25)14(23)9-13(22(17)21-11)8-7-12-5-3-2-4-6-12/h2-6,9,23H,7-8,10H2,1H3,(H,19,26)(H,24,25). The lowest BCUT2D eigenvalue weighted by Crippen LogP contribution is -2.30. The second-order valence-electron chi connectivity index (χ2n) is 5.85. The van der Waals surface area contributed by atoms with Gasteiger partial charge in [0.15, 0.2) is 5.65 Å². The molecule has 26 heavy (non-hydrogen) atoms. The summed E-state index contributed by atoms with van der Waals surface area (Å²) in [5.41, 5.74) is 1.96. The number of aromatic hydroxyl groups is 1. The fraction of sp³-hybridized carbons (Fsp3) is 0.222. The van der Waals surface area contributed by atoms with Crippen molar-refractivity contribution in [1.29, 1.82) is 0 Å². The first kappa shape index (κ1) is 17.4. The van der Waals surface area contributed by atoms with E-state index >= 15 is 0 Å². The molecule has 0 aliphatic heterocycles. The predicted molar refractivity (Wildman–Crippen MR) is 93.2 cm³/mol. The summed E-state index contributed by atoms with van der Waals surface area (Å²) in [7, 11) is 0. The van der Waals surface area contributed by atoms with Gasteiger partial charge in [0.25, 0.3) is 5.91 Å². The van der Waals surface area contributed by atoms with Crippen molar-refractivity contribution < 1.29 is 19.8 Å². The van der Waals surface area contributed by atoms with E-state index in [1.54, 1.807) is 6.92 Å². The van der Waals surface area contributed by atoms with E-state index < -0.39 is 18.4 Å². The maximum Gasteiger partial charge on any atom is 0.322 e. The summed E-state index contributed by atoms with van der Waals surface area (Å²) in [4.78, 5) is 27.1. The summed E-state index contributed by atoms with van der Waals surface area (Å²) in [6.45, 7) is 1.14. The molecule has 8 heteroatoms. The Morgan fingerprint density at radius 3 is 2.62 bits per heavy atom. The van der Waals surface area contributed by atoms with Crippen LogP contribution in [0.4, 0.5) is 0 Å². The van der Waals surface area contributed by atoms with Gasteiger partial charge < -0.3 is 15.5 Å². The van der Waals surface area contributed by atoms with Gasteiger partial charge in [-0.1, -0.05) is 30.3 Å². The van der Waals surface area contributed by atoms with Gasteiger partial charge in [0.05, 0.1) is 0 Å². The average Bonchev–Trinajstić information content (AvgIpc) is 2.99. The third-order valence-corrected chi connectivity index (χ3v) is 3.91. The first-order valence-corrected chi connectivity index (χ1v) is 8.08. The van der Waals surface area contributed by atoms with E-state index in [1.165, 1.54) is 10.6 Å². The lowest BCUT2D eigenvalue weighted by Gasteiger charge is -2.10. The Kier molecular flexibility index (Phi) is 4.83. The maximum atomic E-state index is 12.3. The number of carboxylic acid groups (broad SMARTS) is 1. The number of fused-ring (bicyclic) bond motifs is 1. The smallest absolute Gasteiger partial charge is 0.322 e. The molecule has 0 bridgehead atoms. The zero-order valence-corrected chi connectivity index (χ0v) is 14.1. The van der Waals surface area contributed by atoms with Crippen molar-refractivity contribution in [3.8, 4) is 5.75 Å². The Morgan fingerprint density at radius 1 is 1.19 bits per heavy atom. The van der Waals surface area contributed by atoms with Crippen molar-refractivity contribution in [2.75, 3.05) is 6.54 Å². The lowest BCUT2D eigenvalue weighted by atomic mass is 10.1. The van der Waals surface area contributed by atoms with Crippen LogP contribution < -0.4 is 5.32 Å². The fourth-order valence-electron chi connectivity index (χ4n) is 2.74. The van der Waals surface area contributed by atoms with Crippen LogP contribution in [0.25, 0.3) is 5.65 Å². The molecule has 3 aromatic rings. The average molecular weight is 354 g/mol. The van der Waals surface area contributed by atoms with Crippen molar-refractivity contribution in [2.24, 2.45) is 0 Å². The van der Waals surface area contributed by atoms with Crippen molar-refractivity contribution in [3.05, 3.63) is 59.0 Å². The second-order valence-corrected chi connectivity index (χ2v) is 5.85. The number of pyridine rings is 1. The Morgan fingerprint density at radius 2 is 1.92 bits per heavy atom. The van der Waals surface area contributed by atoms with Gasteiger partial charge in [0.1, 0.15) is 23.7 Å². The minimum atomic E-state index is -1.18. The molecule has 0 aliphatic rings. The molecular weight excluding hydrogens is 336 g/mol. The number of hydrogen-bond acceptors (Lipinski definition) is 5. The van der Waals surface area contributed by atoms with Crippen LogP contribution in [0.2, 0.25) is 0 Å². The topological polar surface area (TPSA) is 117 Å². The summed E-state index contributed by atoms with van der Waals surface area (Å²) in [6, 6.07) is 11.4. The van der Waals surface area contributed by atoms with Crippen molar-refractivity contribution >= 4 is 17.5 Å². The third kappa shape index (κ3) is 3.64. The summed E-state index contributed by atoms with van der Waals surface area (Å²) in [5.74, 6) is -1.69. The van der Waals surface area contributed by atoms with E-state index in [-0.39, 0.29) is 17.0 Å². The monoisotopic (exact) mass is 354 g/mol. The van der Waals surface area contributed by atoms with Gasteiger partial charge >= 0.3 is 5.97 Å². The maximum absolute atomic E-state index is 12.3. The number of carbonyl (C=O) groups is 2. The van der Waals surface area contributed by atoms with Crippen LogP contribution in [-0.4, -0.2) is 43.2 Å². The largest absolute Gasteiger partial charge is 0.507 e. The van der Waals surface area contributed by atoms with Gasteiger partial charge in [-0.05, 0) is 25.3 Å². The number of nitrogens with zero attached hydrogens (tertiary/aromatic N) is 3. The molecule has 3 N–H and O–H groups in total. The zero-order valence-electron chi connectivity index (χ0n) is 14.1. The van der Waals surface area contributed by atoms with E-state index in [2.05, 4.69) is 15.4 Å². The number of nitrogens with one attached hydrogen (secondary N) is 1. The van der Waals surface area contributed by atoms with Gasteiger partial charge in [-0.25, -0.2) is 9.50 Å². The number of rotatable bonds is 6. The van der Waals surface area contributed by atoms with Crippen molar-refractivity contribution in [2.45, 2.75) is 19.8 Å². The van der Waals surface area contributed by atoms with E-state index in [9.17, 15) is 14.7 Å². The molecule has 0 aliphatic carbocycles. The van der Waals surface area contributed by atoms with Gasteiger partial charge in [0, 0.05) is 11.8 Å². The number of benzene rings is 1. The summed E-state index contributed by atoms with van der Waals surface area (Å²) < 4.78 is 1.52. The van der Waals surface area contributed by atoms with Gasteiger partial charge in [0.2, 0.25) is 0 Å². The van der Waals surface area contributed by atoms with E-state index in [4.69, 9.17) is 5.11 Å². The zero-order chi connectivity index (χ0) is 18.7. The molecule has 1 aromatic carbocycles. The van der Waals surface area contributed by atoms with Gasteiger partial charge in [-0.3, -0.25) is 9.59 Å². The highest BCUT2D eigenvalue weighted by atomic mass is 16.4. The Bertz CT molecular complexity index is 966. The van der Waals surface area contributed by atoms with Crippen molar-refractivity contribution in [1.82, 2.24) is 19.9 Å². The number of aliphatic carboxylic acids is 1. The predicted octanol–water partition coefficient (Wildman–Crippen LogP) is 1.34. The SMILES string of the molecule is Cc1nc2c(C(=O)NCC(=O)O)c(O)cc(CCc3ccccc3)n2n1. The van der Waals surface area contributed by atoms with Gasteiger partial charge in [-0.2, -0.15) is 5.10 Å². The Balaban J connectivity index is 1.95. The Hall–Kier alpha value is -3.42. The highest BCUT2D eigenvalue weighted by Crippen LogP contribution is 2.24. The van der Waals surface area contributed by atoms with E-state index in [0.717, 1.165) is 12.0 Å². The number of amides is 1. The van der Waals surface area contributed by atoms with Crippen LogP contribution in [0.1, 0.15) is 27.4 Å². The normalized spacial score (nSPS) is 10.8.